The lowest BCUT2D eigenvalue weighted by Crippen LogP contribution is -2.26. The molecule has 2 aromatic rings. The highest BCUT2D eigenvalue weighted by molar-refractivity contribution is 5.95. The molecular formula is C22H31FN4O4. The predicted octanol–water partition coefficient (Wildman–Crippen LogP) is 2.48. The predicted molar refractivity (Wildman–Crippen MR) is 120 cm³/mol. The minimum Gasteiger partial charge on any atom is -0.477 e. The van der Waals surface area contributed by atoms with Crippen LogP contribution in [-0.4, -0.2) is 60.3 Å². The van der Waals surface area contributed by atoms with Crippen molar-refractivity contribution in [2.75, 3.05) is 38.7 Å². The summed E-state index contributed by atoms with van der Waals surface area (Å²) in [5.74, 6) is -1.85. The summed E-state index contributed by atoms with van der Waals surface area (Å²) in [5.41, 5.74) is 0.445. The Balaban J connectivity index is 0.000000807. The van der Waals surface area contributed by atoms with Gasteiger partial charge in [0.1, 0.15) is 11.4 Å². The molecule has 1 saturated heterocycles. The Morgan fingerprint density at radius 2 is 1.94 bits per heavy atom. The van der Waals surface area contributed by atoms with Gasteiger partial charge in [0.15, 0.2) is 0 Å². The van der Waals surface area contributed by atoms with E-state index in [0.29, 0.717) is 36.6 Å². The van der Waals surface area contributed by atoms with Gasteiger partial charge in [0.2, 0.25) is 5.43 Å². The fraction of sp³-hybridized carbons (Fsp3) is 0.500. The number of anilines is 1. The number of pyridine rings is 1. The first kappa shape index (κ1) is 24.5. The van der Waals surface area contributed by atoms with Crippen LogP contribution in [0.5, 0.6) is 0 Å². The molecule has 2 fully saturated rings. The number of benzene rings is 1. The van der Waals surface area contributed by atoms with Crippen LogP contribution in [0.25, 0.3) is 10.9 Å². The molecule has 0 radical (unpaired) electrons. The topological polar surface area (TPSA) is 119 Å². The lowest BCUT2D eigenvalue weighted by atomic mass is 10.1. The van der Waals surface area contributed by atoms with E-state index in [4.69, 9.17) is 10.5 Å². The third-order valence-electron chi connectivity index (χ3n) is 5.36. The highest BCUT2D eigenvalue weighted by atomic mass is 19.1. The number of rotatable bonds is 5. The monoisotopic (exact) mass is 434 g/mol. The Morgan fingerprint density at radius 3 is 2.48 bits per heavy atom. The Labute approximate surface area is 180 Å². The number of aliphatic hydroxyl groups excluding tert-OH is 1. The van der Waals surface area contributed by atoms with Crippen molar-refractivity contribution in [3.8, 4) is 0 Å². The van der Waals surface area contributed by atoms with Crippen molar-refractivity contribution in [1.29, 1.82) is 5.41 Å². The van der Waals surface area contributed by atoms with Gasteiger partial charge in [-0.1, -0.05) is 13.8 Å². The normalized spacial score (nSPS) is 17.7. The Kier molecular flexibility index (Phi) is 8.29. The minimum atomic E-state index is -1.30. The van der Waals surface area contributed by atoms with E-state index in [1.165, 1.54) is 6.20 Å². The maximum Gasteiger partial charge on any atom is 0.341 e. The van der Waals surface area contributed by atoms with Crippen molar-refractivity contribution >= 4 is 28.3 Å². The van der Waals surface area contributed by atoms with E-state index in [1.54, 1.807) is 10.6 Å². The molecule has 170 valence electrons. The fourth-order valence-electron chi connectivity index (χ4n) is 3.80. The number of fused-ring (bicyclic) bond motifs is 1. The summed E-state index contributed by atoms with van der Waals surface area (Å²) in [7, 11) is 2.82. The number of nitrogens with zero attached hydrogens (tertiary/aromatic N) is 2. The molecule has 1 aliphatic carbocycles. The van der Waals surface area contributed by atoms with Crippen molar-refractivity contribution in [2.45, 2.75) is 32.7 Å². The lowest BCUT2D eigenvalue weighted by molar-refractivity contribution is 0.0695. The first-order valence-electron chi connectivity index (χ1n) is 10.4. The zero-order valence-electron chi connectivity index (χ0n) is 18.4. The molecule has 1 unspecified atom stereocenters. The number of nitrogens with one attached hydrogen (secondary N) is 2. The highest BCUT2D eigenvalue weighted by Gasteiger charge is 2.31. The summed E-state index contributed by atoms with van der Waals surface area (Å²) in [6.45, 7) is 5.53. The van der Waals surface area contributed by atoms with Crippen molar-refractivity contribution in [3.63, 3.8) is 0 Å². The number of hydrogen-bond donors (Lipinski definition) is 4. The summed E-state index contributed by atoms with van der Waals surface area (Å²) in [6, 6.07) is 2.91. The third-order valence-corrected chi connectivity index (χ3v) is 5.36. The standard InChI is InChI=1S/C19H21FN4O3.C2H6.CH4O/c1-22-6-10-7-23(9-15(10)21)17-5-16-12(4-14(17)20)18(25)13(19(26)27)8-24(16)11-2-3-11;2*1-2/h4-5,8,10-11,21-22H,2-3,6-7,9H2,1H3,(H,26,27);1-2H3;2H,1H3. The van der Waals surface area contributed by atoms with Crippen LogP contribution < -0.4 is 15.6 Å². The first-order chi connectivity index (χ1) is 14.9. The second-order valence-corrected chi connectivity index (χ2v) is 7.30. The lowest BCUT2D eigenvalue weighted by Gasteiger charge is -2.21. The number of aromatic nitrogens is 1. The molecule has 1 aromatic carbocycles. The number of aromatic carboxylic acids is 1. The molecular weight excluding hydrogens is 403 g/mol. The molecule has 1 saturated carbocycles. The fourth-order valence-corrected chi connectivity index (χ4v) is 3.80. The van der Waals surface area contributed by atoms with Crippen molar-refractivity contribution < 1.29 is 19.4 Å². The number of halogens is 1. The number of carbonyl (C=O) groups is 1. The number of aliphatic hydroxyl groups is 1. The van der Waals surface area contributed by atoms with Crippen LogP contribution in [0.1, 0.15) is 43.1 Å². The molecule has 9 heteroatoms. The van der Waals surface area contributed by atoms with Gasteiger partial charge in [0.25, 0.3) is 0 Å². The number of hydrogen-bond acceptors (Lipinski definition) is 6. The van der Waals surface area contributed by atoms with E-state index in [0.717, 1.165) is 26.0 Å². The maximum atomic E-state index is 14.8. The largest absolute Gasteiger partial charge is 0.477 e. The molecule has 31 heavy (non-hydrogen) atoms. The van der Waals surface area contributed by atoms with Gasteiger partial charge in [-0.3, -0.25) is 4.79 Å². The average molecular weight is 435 g/mol. The number of carboxylic acid groups (broad SMARTS) is 1. The third kappa shape index (κ3) is 4.94. The Hall–Kier alpha value is -2.78. The second-order valence-electron chi connectivity index (χ2n) is 7.30. The van der Waals surface area contributed by atoms with Crippen molar-refractivity contribution in [1.82, 2.24) is 9.88 Å². The van der Waals surface area contributed by atoms with E-state index in [-0.39, 0.29) is 22.9 Å². The van der Waals surface area contributed by atoms with E-state index < -0.39 is 17.2 Å². The molecule has 4 rings (SSSR count). The quantitative estimate of drug-likeness (QED) is 0.574. The van der Waals surface area contributed by atoms with Gasteiger partial charge in [0, 0.05) is 49.5 Å². The molecule has 1 aliphatic heterocycles. The van der Waals surface area contributed by atoms with Gasteiger partial charge in [-0.2, -0.15) is 0 Å². The summed E-state index contributed by atoms with van der Waals surface area (Å²) in [4.78, 5) is 25.7. The SMILES string of the molecule is CC.CNCC1CN(c2cc3c(cc2F)c(=O)c(C(=O)O)cn3C2CC2)CC1=N.CO. The van der Waals surface area contributed by atoms with Crippen LogP contribution in [-0.2, 0) is 0 Å². The molecule has 2 heterocycles. The minimum absolute atomic E-state index is 0.0186. The van der Waals surface area contributed by atoms with E-state index >= 15 is 0 Å². The summed E-state index contributed by atoms with van der Waals surface area (Å²) in [6.07, 6.45) is 3.19. The summed E-state index contributed by atoms with van der Waals surface area (Å²) in [5, 5.41) is 27.6. The van der Waals surface area contributed by atoms with Crippen molar-refractivity contribution in [2.24, 2.45) is 5.92 Å². The van der Waals surface area contributed by atoms with Crippen LogP contribution in [0.4, 0.5) is 10.1 Å². The molecule has 1 atom stereocenters. The van der Waals surface area contributed by atoms with Crippen LogP contribution in [0.3, 0.4) is 0 Å². The maximum absolute atomic E-state index is 14.8. The molecule has 1 aromatic heterocycles. The molecule has 0 bridgehead atoms. The van der Waals surface area contributed by atoms with Gasteiger partial charge in [-0.25, -0.2) is 9.18 Å². The first-order valence-corrected chi connectivity index (χ1v) is 10.4. The molecule has 4 N–H and O–H groups in total. The highest BCUT2D eigenvalue weighted by Crippen LogP contribution is 2.38. The Bertz CT molecular complexity index is 1020. The van der Waals surface area contributed by atoms with Crippen LogP contribution in [0.15, 0.2) is 23.1 Å². The molecule has 8 nitrogen and oxygen atoms in total. The van der Waals surface area contributed by atoms with Gasteiger partial charge < -0.3 is 30.4 Å². The van der Waals surface area contributed by atoms with Gasteiger partial charge >= 0.3 is 5.97 Å². The van der Waals surface area contributed by atoms with Crippen molar-refractivity contribution in [3.05, 3.63) is 39.9 Å². The van der Waals surface area contributed by atoms with Gasteiger partial charge in [-0.15, -0.1) is 0 Å². The number of carboxylic acids is 1. The zero-order valence-corrected chi connectivity index (χ0v) is 18.4. The smallest absolute Gasteiger partial charge is 0.341 e. The Morgan fingerprint density at radius 1 is 1.29 bits per heavy atom. The molecule has 0 spiro atoms. The van der Waals surface area contributed by atoms with Gasteiger partial charge in [-0.05, 0) is 32.0 Å². The van der Waals surface area contributed by atoms with Gasteiger partial charge in [0.05, 0.1) is 17.7 Å². The second kappa shape index (κ2) is 10.5. The summed E-state index contributed by atoms with van der Waals surface area (Å²) < 4.78 is 16.6. The van der Waals surface area contributed by atoms with Crippen LogP contribution in [0.2, 0.25) is 0 Å². The van der Waals surface area contributed by atoms with Crippen LogP contribution in [0, 0.1) is 17.1 Å². The average Bonchev–Trinajstić information content (AvgIpc) is 3.55. The molecule has 2 aliphatic rings. The molecule has 0 amide bonds. The summed E-state index contributed by atoms with van der Waals surface area (Å²) >= 11 is 0. The van der Waals surface area contributed by atoms with Crippen LogP contribution >= 0.6 is 0 Å². The van der Waals surface area contributed by atoms with E-state index in [1.807, 2.05) is 25.8 Å². The zero-order chi connectivity index (χ0) is 23.3. The van der Waals surface area contributed by atoms with E-state index in [2.05, 4.69) is 5.32 Å². The van der Waals surface area contributed by atoms with E-state index in [9.17, 15) is 19.1 Å².